The molecule has 0 aliphatic carbocycles. The zero-order valence-corrected chi connectivity index (χ0v) is 10.3. The first-order valence-electron chi connectivity index (χ1n) is 5.74. The van der Waals surface area contributed by atoms with Crippen LogP contribution in [0.5, 0.6) is 0 Å². The van der Waals surface area contributed by atoms with E-state index in [1.165, 1.54) is 11.9 Å². The molecule has 0 radical (unpaired) electrons. The monoisotopic (exact) mass is 228 g/mol. The lowest BCUT2D eigenvalue weighted by Crippen LogP contribution is -2.11. The summed E-state index contributed by atoms with van der Waals surface area (Å²) in [6, 6.07) is 8.21. The van der Waals surface area contributed by atoms with Crippen LogP contribution in [-0.4, -0.2) is 9.97 Å². The predicted molar refractivity (Wildman–Crippen MR) is 69.1 cm³/mol. The minimum atomic E-state index is -0.0806. The summed E-state index contributed by atoms with van der Waals surface area (Å²) in [5.74, 6) is 0.511. The van der Waals surface area contributed by atoms with Crippen LogP contribution < -0.4 is 5.56 Å². The number of rotatable bonds is 2. The summed E-state index contributed by atoms with van der Waals surface area (Å²) in [6.07, 6.45) is 1.45. The van der Waals surface area contributed by atoms with Crippen molar-refractivity contribution in [3.05, 3.63) is 52.1 Å². The van der Waals surface area contributed by atoms with Gasteiger partial charge in [-0.3, -0.25) is 4.79 Å². The van der Waals surface area contributed by atoms with Crippen LogP contribution in [0.1, 0.15) is 30.9 Å². The number of hydrogen-bond acceptors (Lipinski definition) is 2. The van der Waals surface area contributed by atoms with E-state index in [1.807, 2.05) is 12.1 Å². The molecule has 1 N–H and O–H groups in total. The van der Waals surface area contributed by atoms with Gasteiger partial charge in [-0.2, -0.15) is 0 Å². The highest BCUT2D eigenvalue weighted by atomic mass is 16.1. The fraction of sp³-hybridized carbons (Fsp3) is 0.286. The van der Waals surface area contributed by atoms with Crippen molar-refractivity contribution in [1.29, 1.82) is 0 Å². The van der Waals surface area contributed by atoms with Gasteiger partial charge in [0.1, 0.15) is 0 Å². The topological polar surface area (TPSA) is 45.8 Å². The van der Waals surface area contributed by atoms with Crippen LogP contribution in [0.2, 0.25) is 0 Å². The van der Waals surface area contributed by atoms with Crippen molar-refractivity contribution in [2.24, 2.45) is 0 Å². The van der Waals surface area contributed by atoms with Crippen LogP contribution in [-0.2, 0) is 0 Å². The Morgan fingerprint density at radius 1 is 1.18 bits per heavy atom. The normalized spacial score (nSPS) is 10.8. The van der Waals surface area contributed by atoms with Crippen molar-refractivity contribution in [1.82, 2.24) is 9.97 Å². The van der Waals surface area contributed by atoms with Gasteiger partial charge in [0.15, 0.2) is 0 Å². The maximum Gasteiger partial charge on any atom is 0.254 e. The predicted octanol–water partition coefficient (Wildman–Crippen LogP) is 2.87. The quantitative estimate of drug-likeness (QED) is 0.859. The lowest BCUT2D eigenvalue weighted by atomic mass is 10.00. The zero-order valence-electron chi connectivity index (χ0n) is 10.3. The number of aromatic amines is 1. The van der Waals surface area contributed by atoms with Gasteiger partial charge in [0.2, 0.25) is 0 Å². The third-order valence-electron chi connectivity index (χ3n) is 2.94. The van der Waals surface area contributed by atoms with Crippen LogP contribution in [0.3, 0.4) is 0 Å². The first kappa shape index (κ1) is 11.6. The Bertz CT molecular complexity index is 568. The first-order valence-corrected chi connectivity index (χ1v) is 5.74. The first-order chi connectivity index (χ1) is 8.09. The molecule has 3 nitrogen and oxygen atoms in total. The van der Waals surface area contributed by atoms with E-state index in [-0.39, 0.29) is 5.56 Å². The van der Waals surface area contributed by atoms with Gasteiger partial charge in [-0.25, -0.2) is 4.98 Å². The van der Waals surface area contributed by atoms with Crippen molar-refractivity contribution < 1.29 is 0 Å². The summed E-state index contributed by atoms with van der Waals surface area (Å²) in [4.78, 5) is 18.3. The molecule has 0 aliphatic heterocycles. The molecule has 88 valence electrons. The van der Waals surface area contributed by atoms with Gasteiger partial charge < -0.3 is 4.98 Å². The Kier molecular flexibility index (Phi) is 3.09. The number of benzene rings is 1. The summed E-state index contributed by atoms with van der Waals surface area (Å²) in [7, 11) is 0. The minimum Gasteiger partial charge on any atom is -0.313 e. The largest absolute Gasteiger partial charge is 0.313 e. The summed E-state index contributed by atoms with van der Waals surface area (Å²) in [6.45, 7) is 6.11. The molecule has 0 aliphatic rings. The van der Waals surface area contributed by atoms with E-state index in [1.54, 1.807) is 6.92 Å². The van der Waals surface area contributed by atoms with Gasteiger partial charge in [0, 0.05) is 11.1 Å². The Balaban J connectivity index is 2.47. The van der Waals surface area contributed by atoms with Crippen LogP contribution >= 0.6 is 0 Å². The van der Waals surface area contributed by atoms with Crippen molar-refractivity contribution in [2.45, 2.75) is 26.7 Å². The Hall–Kier alpha value is -1.90. The van der Waals surface area contributed by atoms with E-state index in [9.17, 15) is 4.79 Å². The molecule has 3 heteroatoms. The zero-order chi connectivity index (χ0) is 12.4. The molecule has 0 unspecified atom stereocenters. The summed E-state index contributed by atoms with van der Waals surface area (Å²) < 4.78 is 0. The molecule has 0 atom stereocenters. The number of aromatic nitrogens is 2. The third kappa shape index (κ3) is 2.28. The summed E-state index contributed by atoms with van der Waals surface area (Å²) in [5, 5.41) is 0. The van der Waals surface area contributed by atoms with E-state index in [0.29, 0.717) is 11.5 Å². The lowest BCUT2D eigenvalue weighted by Gasteiger charge is -2.07. The average molecular weight is 228 g/mol. The van der Waals surface area contributed by atoms with Gasteiger partial charge in [-0.05, 0) is 18.4 Å². The van der Waals surface area contributed by atoms with E-state index in [2.05, 4.69) is 35.9 Å². The smallest absolute Gasteiger partial charge is 0.254 e. The van der Waals surface area contributed by atoms with Gasteiger partial charge in [-0.15, -0.1) is 0 Å². The molecular formula is C14H16N2O. The Morgan fingerprint density at radius 3 is 2.41 bits per heavy atom. The maximum atomic E-state index is 11.5. The molecule has 1 aromatic carbocycles. The number of H-pyrrole nitrogens is 1. The molecule has 0 saturated carbocycles. The van der Waals surface area contributed by atoms with Crippen molar-refractivity contribution in [2.75, 3.05) is 0 Å². The lowest BCUT2D eigenvalue weighted by molar-refractivity contribution is 0.867. The van der Waals surface area contributed by atoms with E-state index in [0.717, 1.165) is 11.3 Å². The van der Waals surface area contributed by atoms with E-state index < -0.39 is 0 Å². The van der Waals surface area contributed by atoms with Crippen molar-refractivity contribution in [3.63, 3.8) is 0 Å². The molecule has 0 amide bonds. The maximum absolute atomic E-state index is 11.5. The minimum absolute atomic E-state index is 0.0806. The third-order valence-corrected chi connectivity index (χ3v) is 2.94. The molecule has 2 aromatic rings. The molecule has 2 rings (SSSR count). The van der Waals surface area contributed by atoms with E-state index in [4.69, 9.17) is 0 Å². The van der Waals surface area contributed by atoms with Crippen molar-refractivity contribution in [3.8, 4) is 11.3 Å². The SMILES string of the molecule is Cc1c(-c2ccc(C(C)C)cc2)nc[nH]c1=O. The van der Waals surface area contributed by atoms with Gasteiger partial charge in [0.05, 0.1) is 12.0 Å². The molecule has 17 heavy (non-hydrogen) atoms. The van der Waals surface area contributed by atoms with Gasteiger partial charge >= 0.3 is 0 Å². The molecule has 0 bridgehead atoms. The van der Waals surface area contributed by atoms with Gasteiger partial charge in [-0.1, -0.05) is 38.1 Å². The second-order valence-electron chi connectivity index (χ2n) is 4.48. The number of hydrogen-bond donors (Lipinski definition) is 1. The van der Waals surface area contributed by atoms with Gasteiger partial charge in [0.25, 0.3) is 5.56 Å². The fourth-order valence-electron chi connectivity index (χ4n) is 1.78. The van der Waals surface area contributed by atoms with E-state index >= 15 is 0 Å². The summed E-state index contributed by atoms with van der Waals surface area (Å²) in [5.41, 5.74) is 3.60. The van der Waals surface area contributed by atoms with Crippen LogP contribution in [0.25, 0.3) is 11.3 Å². The number of nitrogens with zero attached hydrogens (tertiary/aromatic N) is 1. The molecule has 1 aromatic heterocycles. The van der Waals surface area contributed by atoms with Crippen LogP contribution in [0.4, 0.5) is 0 Å². The Morgan fingerprint density at radius 2 is 1.82 bits per heavy atom. The highest BCUT2D eigenvalue weighted by Gasteiger charge is 2.06. The average Bonchev–Trinajstić information content (AvgIpc) is 2.33. The molecule has 1 heterocycles. The summed E-state index contributed by atoms with van der Waals surface area (Å²) >= 11 is 0. The van der Waals surface area contributed by atoms with Crippen molar-refractivity contribution >= 4 is 0 Å². The van der Waals surface area contributed by atoms with Crippen LogP contribution in [0, 0.1) is 6.92 Å². The Labute approximate surface area is 101 Å². The number of nitrogens with one attached hydrogen (secondary N) is 1. The second-order valence-corrected chi connectivity index (χ2v) is 4.48. The standard InChI is InChI=1S/C14H16N2O/c1-9(2)11-4-6-12(7-5-11)13-10(3)14(17)16-8-15-13/h4-9H,1-3H3,(H,15,16,17). The highest BCUT2D eigenvalue weighted by Crippen LogP contribution is 2.21. The molecule has 0 saturated heterocycles. The van der Waals surface area contributed by atoms with Crippen LogP contribution in [0.15, 0.2) is 35.4 Å². The molecule has 0 fully saturated rings. The second kappa shape index (κ2) is 4.53. The molecular weight excluding hydrogens is 212 g/mol. The molecule has 0 spiro atoms. The fourth-order valence-corrected chi connectivity index (χ4v) is 1.78. The highest BCUT2D eigenvalue weighted by molar-refractivity contribution is 5.62.